The van der Waals surface area contributed by atoms with Crippen molar-refractivity contribution in [3.8, 4) is 23.0 Å². The Bertz CT molecular complexity index is 1400. The predicted octanol–water partition coefficient (Wildman–Crippen LogP) is 4.14. The summed E-state index contributed by atoms with van der Waals surface area (Å²) in [5.74, 6) is 2.80. The van der Waals surface area contributed by atoms with Gasteiger partial charge in [0.15, 0.2) is 39.3 Å². The van der Waals surface area contributed by atoms with Crippen molar-refractivity contribution in [1.82, 2.24) is 19.5 Å². The van der Waals surface area contributed by atoms with Crippen molar-refractivity contribution < 1.29 is 18.9 Å². The van der Waals surface area contributed by atoms with Crippen LogP contribution in [-0.4, -0.2) is 40.5 Å². The van der Waals surface area contributed by atoms with Crippen LogP contribution in [0.1, 0.15) is 5.56 Å². The number of methoxy groups -OCH3 is 2. The molecule has 0 aliphatic carbocycles. The van der Waals surface area contributed by atoms with Gasteiger partial charge in [0.2, 0.25) is 6.79 Å². The van der Waals surface area contributed by atoms with E-state index < -0.39 is 0 Å². The topological polar surface area (TPSA) is 107 Å². The Hall–Kier alpha value is -3.18. The van der Waals surface area contributed by atoms with E-state index in [-0.39, 0.29) is 12.3 Å². The lowest BCUT2D eigenvalue weighted by atomic mass is 10.1. The van der Waals surface area contributed by atoms with Crippen molar-refractivity contribution in [3.63, 3.8) is 0 Å². The smallest absolute Gasteiger partial charge is 0.231 e. The average molecular weight is 530 g/mol. The lowest BCUT2D eigenvalue weighted by Gasteiger charge is -2.11. The first kappa shape index (κ1) is 21.7. The highest BCUT2D eigenvalue weighted by Gasteiger charge is 2.18. The van der Waals surface area contributed by atoms with Crippen LogP contribution < -0.4 is 24.4 Å². The lowest BCUT2D eigenvalue weighted by Crippen LogP contribution is -2.13. The van der Waals surface area contributed by atoms with Crippen LogP contribution in [-0.2, 0) is 13.0 Å². The maximum Gasteiger partial charge on any atom is 0.231 e. The molecule has 0 saturated carbocycles. The first-order valence-electron chi connectivity index (χ1n) is 10.0. The molecule has 0 unspecified atom stereocenters. The minimum Gasteiger partial charge on any atom is -0.493 e. The number of halogens is 1. The summed E-state index contributed by atoms with van der Waals surface area (Å²) in [7, 11) is 3.24. The second-order valence-corrected chi connectivity index (χ2v) is 9.09. The van der Waals surface area contributed by atoms with Crippen LogP contribution in [0.15, 0.2) is 51.2 Å². The van der Waals surface area contributed by atoms with E-state index in [4.69, 9.17) is 29.3 Å². The van der Waals surface area contributed by atoms with Crippen LogP contribution in [0.5, 0.6) is 23.0 Å². The van der Waals surface area contributed by atoms with Crippen LogP contribution in [0.3, 0.4) is 0 Å². The molecule has 33 heavy (non-hydrogen) atoms. The number of nitrogens with zero attached hydrogens (tertiary/aromatic N) is 3. The summed E-state index contributed by atoms with van der Waals surface area (Å²) in [5, 5.41) is 8.87. The fourth-order valence-corrected chi connectivity index (χ4v) is 4.92. The van der Waals surface area contributed by atoms with E-state index in [2.05, 4.69) is 25.9 Å². The number of aromatic amines is 1. The molecule has 2 aromatic carbocycles. The largest absolute Gasteiger partial charge is 0.493 e. The summed E-state index contributed by atoms with van der Waals surface area (Å²) in [6.07, 6.45) is 2.39. The third-order valence-electron chi connectivity index (χ3n) is 5.22. The minimum atomic E-state index is 0.150. The number of aromatic nitrogens is 4. The van der Waals surface area contributed by atoms with Crippen molar-refractivity contribution in [2.24, 2.45) is 0 Å². The van der Waals surface area contributed by atoms with E-state index in [9.17, 15) is 0 Å². The number of fused-ring (bicyclic) bond motifs is 2. The summed E-state index contributed by atoms with van der Waals surface area (Å²) in [5.41, 5.74) is 2.51. The van der Waals surface area contributed by atoms with E-state index in [0.29, 0.717) is 45.9 Å². The van der Waals surface area contributed by atoms with E-state index >= 15 is 0 Å². The molecule has 0 spiro atoms. The molecular formula is C22H20BrN5O4S. The summed E-state index contributed by atoms with van der Waals surface area (Å²) >= 11 is 5.02. The molecule has 2 aromatic heterocycles. The number of aryl methyl sites for hydroxylation is 2. The second-order valence-electron chi connectivity index (χ2n) is 7.20. The van der Waals surface area contributed by atoms with Gasteiger partial charge in [0.25, 0.3) is 0 Å². The standard InChI is InChI=1S/C22H20BrN5O4S/c1-29-14-4-3-12(7-15(14)30-2)5-6-28-10-25-20(24)19-21(28)27-22(26-19)33-18-9-17-16(8-13(18)23)31-11-32-17/h3-4,7-10,24H,5-6,11H2,1-2H3,(H,26,27). The third-order valence-corrected chi connectivity index (χ3v) is 7.08. The fraction of sp³-hybridized carbons (Fsp3) is 0.227. The number of hydrogen-bond donors (Lipinski definition) is 2. The molecule has 0 saturated heterocycles. The summed E-state index contributed by atoms with van der Waals surface area (Å²) in [4.78, 5) is 13.1. The maximum atomic E-state index is 8.21. The molecule has 9 nitrogen and oxygen atoms in total. The van der Waals surface area contributed by atoms with Gasteiger partial charge in [-0.25, -0.2) is 9.97 Å². The predicted molar refractivity (Wildman–Crippen MR) is 125 cm³/mol. The van der Waals surface area contributed by atoms with Gasteiger partial charge < -0.3 is 28.5 Å². The Kier molecular flexibility index (Phi) is 5.90. The number of benzene rings is 2. The van der Waals surface area contributed by atoms with Crippen molar-refractivity contribution >= 4 is 38.9 Å². The minimum absolute atomic E-state index is 0.150. The highest BCUT2D eigenvalue weighted by molar-refractivity contribution is 9.10. The molecule has 5 rings (SSSR count). The molecule has 0 atom stereocenters. The van der Waals surface area contributed by atoms with Crippen LogP contribution in [0.4, 0.5) is 0 Å². The third kappa shape index (κ3) is 4.25. The van der Waals surface area contributed by atoms with Gasteiger partial charge in [-0.1, -0.05) is 17.8 Å². The van der Waals surface area contributed by atoms with Crippen LogP contribution in [0, 0.1) is 5.41 Å². The SMILES string of the molecule is COc1ccc(CCn2cnc(=N)c3[nH]c(Sc4cc5c(cc4Br)OCO5)nc32)cc1OC. The van der Waals surface area contributed by atoms with Crippen molar-refractivity contribution in [3.05, 3.63) is 52.2 Å². The molecule has 11 heteroatoms. The van der Waals surface area contributed by atoms with Gasteiger partial charge in [-0.15, -0.1) is 0 Å². The van der Waals surface area contributed by atoms with Gasteiger partial charge in [0.1, 0.15) is 5.52 Å². The number of rotatable bonds is 7. The zero-order valence-corrected chi connectivity index (χ0v) is 20.2. The van der Waals surface area contributed by atoms with Crippen molar-refractivity contribution in [2.45, 2.75) is 23.0 Å². The molecule has 0 fully saturated rings. The molecular weight excluding hydrogens is 510 g/mol. The zero-order valence-electron chi connectivity index (χ0n) is 17.8. The number of H-pyrrole nitrogens is 1. The summed E-state index contributed by atoms with van der Waals surface area (Å²) in [6.45, 7) is 0.858. The number of ether oxygens (including phenoxy) is 4. The molecule has 0 bridgehead atoms. The number of imidazole rings is 1. The van der Waals surface area contributed by atoms with E-state index in [1.807, 2.05) is 34.9 Å². The van der Waals surface area contributed by atoms with Gasteiger partial charge in [0.05, 0.1) is 20.5 Å². The van der Waals surface area contributed by atoms with Gasteiger partial charge in [-0.3, -0.25) is 5.41 Å². The Morgan fingerprint density at radius 1 is 1.15 bits per heavy atom. The Balaban J connectivity index is 1.41. The number of hydrogen-bond acceptors (Lipinski definition) is 8. The first-order valence-corrected chi connectivity index (χ1v) is 11.6. The summed E-state index contributed by atoms with van der Waals surface area (Å²) < 4.78 is 24.4. The first-order chi connectivity index (χ1) is 16.1. The quantitative estimate of drug-likeness (QED) is 0.370. The van der Waals surface area contributed by atoms with Crippen LogP contribution in [0.2, 0.25) is 0 Å². The van der Waals surface area contributed by atoms with Crippen molar-refractivity contribution in [2.75, 3.05) is 21.0 Å². The molecule has 4 aromatic rings. The summed E-state index contributed by atoms with van der Waals surface area (Å²) in [6, 6.07) is 9.66. The van der Waals surface area contributed by atoms with E-state index in [1.165, 1.54) is 11.8 Å². The highest BCUT2D eigenvalue weighted by atomic mass is 79.9. The van der Waals surface area contributed by atoms with Gasteiger partial charge in [-0.2, -0.15) is 0 Å². The van der Waals surface area contributed by atoms with E-state index in [0.717, 1.165) is 21.4 Å². The Morgan fingerprint density at radius 3 is 2.73 bits per heavy atom. The fourth-order valence-electron chi connectivity index (χ4n) is 3.54. The zero-order chi connectivity index (χ0) is 22.9. The normalized spacial score (nSPS) is 12.3. The molecule has 1 aliphatic heterocycles. The van der Waals surface area contributed by atoms with Crippen LogP contribution >= 0.6 is 27.7 Å². The molecule has 170 valence electrons. The Labute approximate surface area is 201 Å². The molecule has 1 aliphatic rings. The molecule has 3 heterocycles. The van der Waals surface area contributed by atoms with Crippen LogP contribution in [0.25, 0.3) is 11.2 Å². The second kappa shape index (κ2) is 8.99. The van der Waals surface area contributed by atoms with Gasteiger partial charge in [0, 0.05) is 15.9 Å². The molecule has 0 radical (unpaired) electrons. The monoisotopic (exact) mass is 529 g/mol. The van der Waals surface area contributed by atoms with E-state index in [1.54, 1.807) is 20.5 Å². The highest BCUT2D eigenvalue weighted by Crippen LogP contribution is 2.42. The molecule has 2 N–H and O–H groups in total. The lowest BCUT2D eigenvalue weighted by molar-refractivity contribution is 0.174. The van der Waals surface area contributed by atoms with Crippen molar-refractivity contribution in [1.29, 1.82) is 5.41 Å². The molecule has 0 amide bonds. The van der Waals surface area contributed by atoms with Gasteiger partial charge in [-0.05, 0) is 52.2 Å². The maximum absolute atomic E-state index is 8.21. The number of nitrogens with one attached hydrogen (secondary N) is 2. The average Bonchev–Trinajstić information content (AvgIpc) is 3.46. The van der Waals surface area contributed by atoms with Gasteiger partial charge >= 0.3 is 0 Å². The Morgan fingerprint density at radius 2 is 1.94 bits per heavy atom.